The van der Waals surface area contributed by atoms with E-state index in [1.54, 1.807) is 0 Å². The van der Waals surface area contributed by atoms with Gasteiger partial charge in [-0.25, -0.2) is 0 Å². The lowest BCUT2D eigenvalue weighted by Crippen LogP contribution is -2.47. The summed E-state index contributed by atoms with van der Waals surface area (Å²) in [5, 5.41) is 9.46. The van der Waals surface area contributed by atoms with E-state index in [2.05, 4.69) is 6.92 Å². The molecule has 0 aliphatic heterocycles. The van der Waals surface area contributed by atoms with Crippen molar-refractivity contribution >= 4 is 0 Å². The predicted molar refractivity (Wildman–Crippen MR) is 45.1 cm³/mol. The Morgan fingerprint density at radius 1 is 1.36 bits per heavy atom. The van der Waals surface area contributed by atoms with Gasteiger partial charge in [-0.1, -0.05) is 6.92 Å². The summed E-state index contributed by atoms with van der Waals surface area (Å²) < 4.78 is 5.74. The van der Waals surface area contributed by atoms with Gasteiger partial charge in [-0.3, -0.25) is 0 Å². The Kier molecular flexibility index (Phi) is 4.65. The van der Waals surface area contributed by atoms with Gasteiger partial charge in [-0.15, -0.1) is 0 Å². The van der Waals surface area contributed by atoms with E-state index in [9.17, 15) is 5.11 Å². The zero-order valence-corrected chi connectivity index (χ0v) is 8.00. The van der Waals surface area contributed by atoms with Crippen LogP contribution >= 0.6 is 0 Å². The second-order valence-corrected chi connectivity index (χ2v) is 3.67. The maximum Gasteiger partial charge on any atom is 0.214 e. The van der Waals surface area contributed by atoms with E-state index < -0.39 is 6.23 Å². The minimum Gasteiger partial charge on any atom is -0.372 e. The molecular weight excluding hydrogens is 142 g/mol. The van der Waals surface area contributed by atoms with Crippen LogP contribution in [0, 0.1) is 0 Å². The van der Waals surface area contributed by atoms with Crippen LogP contribution in [-0.2, 0) is 4.74 Å². The number of rotatable bonds is 5. The van der Waals surface area contributed by atoms with Gasteiger partial charge in [-0.05, 0) is 6.42 Å². The predicted octanol–water partition coefficient (Wildman–Crippen LogP) is 0.438. The van der Waals surface area contributed by atoms with Gasteiger partial charge in [0.05, 0.1) is 21.1 Å². The minimum atomic E-state index is -0.415. The molecular formula is C8H20NO2+. The third-order valence-electron chi connectivity index (χ3n) is 1.51. The highest BCUT2D eigenvalue weighted by Crippen LogP contribution is 1.99. The van der Waals surface area contributed by atoms with Crippen LogP contribution in [0.5, 0.6) is 0 Å². The van der Waals surface area contributed by atoms with Crippen LogP contribution in [0.25, 0.3) is 0 Å². The lowest BCUT2D eigenvalue weighted by molar-refractivity contribution is -0.919. The molecule has 0 rings (SSSR count). The Morgan fingerprint density at radius 2 is 1.91 bits per heavy atom. The summed E-state index contributed by atoms with van der Waals surface area (Å²) in [6, 6.07) is 0. The minimum absolute atomic E-state index is 0.415. The molecule has 0 aromatic heterocycles. The largest absolute Gasteiger partial charge is 0.372 e. The van der Waals surface area contributed by atoms with E-state index >= 15 is 0 Å². The van der Waals surface area contributed by atoms with Gasteiger partial charge in [0.15, 0.2) is 0 Å². The molecule has 1 unspecified atom stereocenters. The van der Waals surface area contributed by atoms with Gasteiger partial charge in [0.25, 0.3) is 0 Å². The molecule has 0 radical (unpaired) electrons. The number of ether oxygens (including phenoxy) is 1. The monoisotopic (exact) mass is 162 g/mol. The molecule has 0 fully saturated rings. The molecule has 0 saturated carbocycles. The van der Waals surface area contributed by atoms with Crippen LogP contribution in [0.1, 0.15) is 13.3 Å². The molecule has 11 heavy (non-hydrogen) atoms. The first-order valence-corrected chi connectivity index (χ1v) is 4.05. The Hall–Kier alpha value is -0.120. The van der Waals surface area contributed by atoms with E-state index in [1.165, 1.54) is 0 Å². The molecule has 1 atom stereocenters. The van der Waals surface area contributed by atoms with Crippen molar-refractivity contribution in [3.8, 4) is 0 Å². The van der Waals surface area contributed by atoms with Crippen molar-refractivity contribution in [3.05, 3.63) is 0 Å². The third-order valence-corrected chi connectivity index (χ3v) is 1.51. The molecule has 0 spiro atoms. The fraction of sp³-hybridized carbons (Fsp3) is 1.00. The number of aliphatic hydroxyl groups is 1. The normalized spacial score (nSPS) is 15.0. The quantitative estimate of drug-likeness (QED) is 0.361. The van der Waals surface area contributed by atoms with Crippen molar-refractivity contribution < 1.29 is 14.3 Å². The molecule has 3 nitrogen and oxygen atoms in total. The van der Waals surface area contributed by atoms with Gasteiger partial charge in [0.1, 0.15) is 6.61 Å². The highest BCUT2D eigenvalue weighted by atomic mass is 16.5. The van der Waals surface area contributed by atoms with Gasteiger partial charge in [0, 0.05) is 6.61 Å². The number of hydrogen-bond donors (Lipinski definition) is 1. The molecule has 68 valence electrons. The Morgan fingerprint density at radius 3 is 2.27 bits per heavy atom. The first-order valence-electron chi connectivity index (χ1n) is 4.05. The van der Waals surface area contributed by atoms with Crippen molar-refractivity contribution in [1.29, 1.82) is 0 Å². The van der Waals surface area contributed by atoms with Crippen LogP contribution in [0.4, 0.5) is 0 Å². The lowest BCUT2D eigenvalue weighted by Gasteiger charge is -2.29. The molecule has 0 aliphatic rings. The standard InChI is InChI=1S/C8H20NO2/c1-5-6-11-7-8(10)9(2,3)4/h8,10H,5-7H2,1-4H3/q+1. The maximum absolute atomic E-state index is 9.46. The Balaban J connectivity index is 3.44. The maximum atomic E-state index is 9.46. The van der Waals surface area contributed by atoms with Crippen molar-refractivity contribution in [2.24, 2.45) is 0 Å². The third kappa shape index (κ3) is 5.18. The van der Waals surface area contributed by atoms with E-state index in [-0.39, 0.29) is 0 Å². The van der Waals surface area contributed by atoms with Crippen molar-refractivity contribution in [2.75, 3.05) is 34.4 Å². The van der Waals surface area contributed by atoms with Gasteiger partial charge in [0.2, 0.25) is 6.23 Å². The zero-order valence-electron chi connectivity index (χ0n) is 8.00. The number of hydrogen-bond acceptors (Lipinski definition) is 2. The summed E-state index contributed by atoms with van der Waals surface area (Å²) in [5.41, 5.74) is 0. The van der Waals surface area contributed by atoms with Crippen molar-refractivity contribution in [2.45, 2.75) is 19.6 Å². The zero-order chi connectivity index (χ0) is 8.91. The SMILES string of the molecule is CCCOCC(O)[N+](C)(C)C. The average Bonchev–Trinajstić information content (AvgIpc) is 1.86. The molecule has 0 heterocycles. The number of quaternary nitrogens is 1. The van der Waals surface area contributed by atoms with Crippen LogP contribution in [-0.4, -0.2) is 50.2 Å². The van der Waals surface area contributed by atoms with Crippen LogP contribution in [0.2, 0.25) is 0 Å². The molecule has 0 bridgehead atoms. The fourth-order valence-electron chi connectivity index (χ4n) is 0.557. The summed E-state index contributed by atoms with van der Waals surface area (Å²) >= 11 is 0. The van der Waals surface area contributed by atoms with Crippen LogP contribution < -0.4 is 0 Å². The molecule has 0 aromatic rings. The molecule has 1 N–H and O–H groups in total. The number of likely N-dealkylation sites (N-methyl/N-ethyl adjacent to an activating group) is 1. The molecule has 3 heteroatoms. The van der Waals surface area contributed by atoms with Crippen molar-refractivity contribution in [3.63, 3.8) is 0 Å². The van der Waals surface area contributed by atoms with E-state index in [1.807, 2.05) is 21.1 Å². The molecule has 0 amide bonds. The second kappa shape index (κ2) is 4.70. The van der Waals surface area contributed by atoms with Crippen LogP contribution in [0.3, 0.4) is 0 Å². The summed E-state index contributed by atoms with van der Waals surface area (Å²) in [4.78, 5) is 0. The molecule has 0 aliphatic carbocycles. The number of nitrogens with zero attached hydrogens (tertiary/aromatic N) is 1. The summed E-state index contributed by atoms with van der Waals surface area (Å²) in [7, 11) is 5.83. The Bertz CT molecular complexity index is 98.8. The molecule has 0 aromatic carbocycles. The molecule has 0 saturated heterocycles. The van der Waals surface area contributed by atoms with E-state index in [0.717, 1.165) is 13.0 Å². The Labute approximate surface area is 69.2 Å². The smallest absolute Gasteiger partial charge is 0.214 e. The first kappa shape index (κ1) is 10.9. The van der Waals surface area contributed by atoms with Crippen LogP contribution in [0.15, 0.2) is 0 Å². The number of aliphatic hydroxyl groups excluding tert-OH is 1. The summed E-state index contributed by atoms with van der Waals surface area (Å²) in [5.74, 6) is 0. The topological polar surface area (TPSA) is 29.5 Å². The van der Waals surface area contributed by atoms with Gasteiger partial charge < -0.3 is 14.3 Å². The highest BCUT2D eigenvalue weighted by molar-refractivity contribution is 4.36. The summed E-state index contributed by atoms with van der Waals surface area (Å²) in [6.45, 7) is 3.22. The highest BCUT2D eigenvalue weighted by Gasteiger charge is 2.19. The van der Waals surface area contributed by atoms with Gasteiger partial charge in [-0.2, -0.15) is 0 Å². The van der Waals surface area contributed by atoms with E-state index in [4.69, 9.17) is 4.74 Å². The summed E-state index contributed by atoms with van der Waals surface area (Å²) in [6.07, 6.45) is 0.589. The fourth-order valence-corrected chi connectivity index (χ4v) is 0.557. The average molecular weight is 162 g/mol. The lowest BCUT2D eigenvalue weighted by atomic mass is 10.4. The second-order valence-electron chi connectivity index (χ2n) is 3.67. The first-order chi connectivity index (χ1) is 4.98. The van der Waals surface area contributed by atoms with Gasteiger partial charge >= 0.3 is 0 Å². The van der Waals surface area contributed by atoms with Crippen molar-refractivity contribution in [1.82, 2.24) is 0 Å². The van der Waals surface area contributed by atoms with E-state index in [0.29, 0.717) is 11.1 Å².